The predicted molar refractivity (Wildman–Crippen MR) is 98.8 cm³/mol. The molecule has 0 saturated heterocycles. The molecule has 0 spiro atoms. The number of hydrogen-bond acceptors (Lipinski definition) is 5. The highest BCUT2D eigenvalue weighted by Crippen LogP contribution is 2.21. The zero-order valence-electron chi connectivity index (χ0n) is 14.8. The number of aromatic nitrogens is 2. The van der Waals surface area contributed by atoms with E-state index in [-0.39, 0.29) is 35.7 Å². The number of thioether (sulfide) groups is 1. The van der Waals surface area contributed by atoms with Crippen molar-refractivity contribution in [2.24, 2.45) is 0 Å². The average molecular weight is 362 g/mol. The Hall–Kier alpha value is -2.35. The summed E-state index contributed by atoms with van der Waals surface area (Å²) in [6, 6.07) is 7.09. The van der Waals surface area contributed by atoms with Gasteiger partial charge in [0.2, 0.25) is 11.8 Å². The first-order valence-corrected chi connectivity index (χ1v) is 8.92. The van der Waals surface area contributed by atoms with Gasteiger partial charge in [0, 0.05) is 20.1 Å². The molecule has 1 heterocycles. The van der Waals surface area contributed by atoms with Crippen LogP contribution in [-0.4, -0.2) is 52.7 Å². The van der Waals surface area contributed by atoms with E-state index in [0.717, 1.165) is 0 Å². The number of carbonyl (C=O) groups excluding carboxylic acids is 2. The van der Waals surface area contributed by atoms with E-state index < -0.39 is 0 Å². The Morgan fingerprint density at radius 1 is 1.32 bits per heavy atom. The molecule has 1 N–H and O–H groups in total. The topological polar surface area (TPSA) is 84.3 Å². The summed E-state index contributed by atoms with van der Waals surface area (Å²) in [5.41, 5.74) is 0.493. The molecule has 8 heteroatoms. The van der Waals surface area contributed by atoms with Gasteiger partial charge in [-0.25, -0.2) is 4.98 Å². The van der Waals surface area contributed by atoms with E-state index in [4.69, 9.17) is 0 Å². The Morgan fingerprint density at radius 2 is 2.00 bits per heavy atom. The molecule has 2 rings (SSSR count). The summed E-state index contributed by atoms with van der Waals surface area (Å²) >= 11 is 1.20. The Morgan fingerprint density at radius 3 is 2.64 bits per heavy atom. The van der Waals surface area contributed by atoms with E-state index in [9.17, 15) is 14.4 Å². The minimum absolute atomic E-state index is 0.00196. The number of para-hydroxylation sites is 1. The van der Waals surface area contributed by atoms with Gasteiger partial charge in [0.25, 0.3) is 5.56 Å². The van der Waals surface area contributed by atoms with E-state index >= 15 is 0 Å². The Kier molecular flexibility index (Phi) is 6.19. The van der Waals surface area contributed by atoms with Crippen molar-refractivity contribution in [2.75, 3.05) is 26.4 Å². The molecule has 7 nitrogen and oxygen atoms in total. The van der Waals surface area contributed by atoms with Gasteiger partial charge in [0.1, 0.15) is 0 Å². The summed E-state index contributed by atoms with van der Waals surface area (Å²) in [5, 5.41) is 3.54. The number of amides is 2. The molecule has 0 atom stereocenters. The predicted octanol–water partition coefficient (Wildman–Crippen LogP) is 1.27. The number of rotatable bonds is 6. The highest BCUT2D eigenvalue weighted by molar-refractivity contribution is 7.99. The van der Waals surface area contributed by atoms with Gasteiger partial charge in [-0.15, -0.1) is 0 Å². The maximum absolute atomic E-state index is 12.7. The summed E-state index contributed by atoms with van der Waals surface area (Å²) in [4.78, 5) is 42.2. The van der Waals surface area contributed by atoms with Crippen LogP contribution < -0.4 is 10.9 Å². The summed E-state index contributed by atoms with van der Waals surface area (Å²) in [6.45, 7) is 3.81. The molecule has 1 aromatic carbocycles. The number of likely N-dealkylation sites (N-methyl/N-ethyl adjacent to an activating group) is 2. The second kappa shape index (κ2) is 8.15. The SMILES string of the molecule is CNC(=O)CN(C)C(=O)CSc1nc2ccccc2c(=O)n1C(C)C. The van der Waals surface area contributed by atoms with Crippen molar-refractivity contribution in [3.8, 4) is 0 Å². The van der Waals surface area contributed by atoms with Crippen LogP contribution >= 0.6 is 11.8 Å². The number of carbonyl (C=O) groups is 2. The van der Waals surface area contributed by atoms with E-state index in [1.54, 1.807) is 29.8 Å². The Bertz CT molecular complexity index is 847. The van der Waals surface area contributed by atoms with Crippen molar-refractivity contribution in [1.82, 2.24) is 19.8 Å². The van der Waals surface area contributed by atoms with Gasteiger partial charge in [-0.2, -0.15) is 0 Å². The molecule has 134 valence electrons. The zero-order valence-corrected chi connectivity index (χ0v) is 15.6. The number of fused-ring (bicyclic) bond motifs is 1. The maximum atomic E-state index is 12.7. The number of nitrogens with zero attached hydrogens (tertiary/aromatic N) is 3. The van der Waals surface area contributed by atoms with E-state index in [2.05, 4.69) is 10.3 Å². The molecule has 0 bridgehead atoms. The number of nitrogens with one attached hydrogen (secondary N) is 1. The number of benzene rings is 1. The second-order valence-corrected chi connectivity index (χ2v) is 6.83. The molecule has 0 fully saturated rings. The fourth-order valence-corrected chi connectivity index (χ4v) is 3.37. The molecule has 0 saturated carbocycles. The van der Waals surface area contributed by atoms with Crippen LogP contribution in [0.3, 0.4) is 0 Å². The van der Waals surface area contributed by atoms with E-state index in [1.165, 1.54) is 23.7 Å². The molecule has 1 aromatic heterocycles. The molecule has 0 aliphatic heterocycles. The van der Waals surface area contributed by atoms with Crippen LogP contribution in [0.5, 0.6) is 0 Å². The first kappa shape index (κ1) is 19.0. The lowest BCUT2D eigenvalue weighted by atomic mass is 10.2. The normalized spacial score (nSPS) is 10.9. The van der Waals surface area contributed by atoms with Crippen molar-refractivity contribution < 1.29 is 9.59 Å². The highest BCUT2D eigenvalue weighted by Gasteiger charge is 2.17. The monoisotopic (exact) mass is 362 g/mol. The van der Waals surface area contributed by atoms with Crippen molar-refractivity contribution in [3.63, 3.8) is 0 Å². The third-order valence-corrected chi connectivity index (χ3v) is 4.64. The van der Waals surface area contributed by atoms with Gasteiger partial charge in [0.15, 0.2) is 5.16 Å². The smallest absolute Gasteiger partial charge is 0.262 e. The Labute approximate surface area is 150 Å². The summed E-state index contributed by atoms with van der Waals surface area (Å²) < 4.78 is 1.60. The first-order valence-electron chi connectivity index (χ1n) is 7.93. The van der Waals surface area contributed by atoms with Crippen LogP contribution in [0, 0.1) is 0 Å². The second-order valence-electron chi connectivity index (χ2n) is 5.89. The minimum Gasteiger partial charge on any atom is -0.358 e. The van der Waals surface area contributed by atoms with Crippen molar-refractivity contribution in [2.45, 2.75) is 25.0 Å². The van der Waals surface area contributed by atoms with E-state index in [1.807, 2.05) is 19.9 Å². The van der Waals surface area contributed by atoms with Crippen LogP contribution in [0.4, 0.5) is 0 Å². The molecule has 0 unspecified atom stereocenters. The molecular weight excluding hydrogens is 340 g/mol. The quantitative estimate of drug-likeness (QED) is 0.618. The van der Waals surface area contributed by atoms with Crippen LogP contribution in [0.15, 0.2) is 34.2 Å². The van der Waals surface area contributed by atoms with Crippen molar-refractivity contribution >= 4 is 34.5 Å². The largest absolute Gasteiger partial charge is 0.358 e. The standard InChI is InChI=1S/C17H22N4O3S/c1-11(2)21-16(24)12-7-5-6-8-13(12)19-17(21)25-10-15(23)20(4)9-14(22)18-3/h5-8,11H,9-10H2,1-4H3,(H,18,22). The van der Waals surface area contributed by atoms with Gasteiger partial charge < -0.3 is 10.2 Å². The van der Waals surface area contributed by atoms with Gasteiger partial charge in [-0.3, -0.25) is 19.0 Å². The molecule has 2 aromatic rings. The number of hydrogen-bond donors (Lipinski definition) is 1. The summed E-state index contributed by atoms with van der Waals surface area (Å²) in [5.74, 6) is -0.333. The molecule has 2 amide bonds. The maximum Gasteiger partial charge on any atom is 0.262 e. The Balaban J connectivity index is 2.26. The average Bonchev–Trinajstić information content (AvgIpc) is 2.59. The lowest BCUT2D eigenvalue weighted by molar-refractivity contribution is -0.132. The van der Waals surface area contributed by atoms with Gasteiger partial charge in [-0.1, -0.05) is 23.9 Å². The zero-order chi connectivity index (χ0) is 18.6. The molecule has 25 heavy (non-hydrogen) atoms. The summed E-state index contributed by atoms with van der Waals surface area (Å²) in [6.07, 6.45) is 0. The lowest BCUT2D eigenvalue weighted by Crippen LogP contribution is -2.37. The van der Waals surface area contributed by atoms with Gasteiger partial charge in [-0.05, 0) is 26.0 Å². The van der Waals surface area contributed by atoms with Crippen LogP contribution in [0.2, 0.25) is 0 Å². The molecular formula is C17H22N4O3S. The van der Waals surface area contributed by atoms with Gasteiger partial charge in [0.05, 0.1) is 23.2 Å². The highest BCUT2D eigenvalue weighted by atomic mass is 32.2. The first-order chi connectivity index (χ1) is 11.8. The van der Waals surface area contributed by atoms with Crippen LogP contribution in [-0.2, 0) is 9.59 Å². The van der Waals surface area contributed by atoms with Gasteiger partial charge >= 0.3 is 0 Å². The fourth-order valence-electron chi connectivity index (χ4n) is 2.30. The van der Waals surface area contributed by atoms with Crippen molar-refractivity contribution in [1.29, 1.82) is 0 Å². The lowest BCUT2D eigenvalue weighted by Gasteiger charge is -2.18. The fraction of sp³-hybridized carbons (Fsp3) is 0.412. The third kappa shape index (κ3) is 4.39. The van der Waals surface area contributed by atoms with E-state index in [0.29, 0.717) is 16.1 Å². The molecule has 0 aliphatic carbocycles. The minimum atomic E-state index is -0.233. The third-order valence-electron chi connectivity index (χ3n) is 3.70. The molecule has 0 aliphatic rings. The van der Waals surface area contributed by atoms with Crippen LogP contribution in [0.25, 0.3) is 10.9 Å². The van der Waals surface area contributed by atoms with Crippen LogP contribution in [0.1, 0.15) is 19.9 Å². The summed E-state index contributed by atoms with van der Waals surface area (Å²) in [7, 11) is 3.09. The van der Waals surface area contributed by atoms with Crippen molar-refractivity contribution in [3.05, 3.63) is 34.6 Å². The molecule has 0 radical (unpaired) electrons.